The average Bonchev–Trinajstić information content (AvgIpc) is 3.06. The third-order valence-electron chi connectivity index (χ3n) is 3.27. The van der Waals surface area contributed by atoms with E-state index in [4.69, 9.17) is 4.74 Å². The zero-order valence-corrected chi connectivity index (χ0v) is 12.9. The number of aryl methyl sites for hydroxylation is 1. The van der Waals surface area contributed by atoms with Crippen LogP contribution in [0.5, 0.6) is 0 Å². The van der Waals surface area contributed by atoms with Crippen LogP contribution in [0.25, 0.3) is 0 Å². The molecule has 0 aromatic carbocycles. The Balaban J connectivity index is 2.34. The number of hydrogen-bond donors (Lipinski definition) is 0. The minimum atomic E-state index is -0.452. The van der Waals surface area contributed by atoms with Gasteiger partial charge in [0.2, 0.25) is 0 Å². The lowest BCUT2D eigenvalue weighted by Gasteiger charge is -2.11. The van der Waals surface area contributed by atoms with E-state index in [-0.39, 0.29) is 11.6 Å². The van der Waals surface area contributed by atoms with E-state index in [0.29, 0.717) is 6.54 Å². The van der Waals surface area contributed by atoms with Gasteiger partial charge < -0.3 is 9.30 Å². The van der Waals surface area contributed by atoms with E-state index < -0.39 is 5.97 Å². The molecule has 0 saturated heterocycles. The van der Waals surface area contributed by atoms with Crippen LogP contribution in [0.15, 0.2) is 12.5 Å². The molecule has 2 heterocycles. The molecule has 2 rings (SSSR count). The number of carbonyl (C=O) groups is 1. The molecule has 7 nitrogen and oxygen atoms in total. The van der Waals surface area contributed by atoms with Crippen molar-refractivity contribution < 1.29 is 9.53 Å². The molecular formula is C14H21N5O2. The van der Waals surface area contributed by atoms with Gasteiger partial charge in [-0.3, -0.25) is 0 Å². The SMILES string of the molecule is CCCn1cncc1Cn1nnc(C(=O)OC)c1C(C)C. The van der Waals surface area contributed by atoms with Gasteiger partial charge in [-0.15, -0.1) is 5.10 Å². The Morgan fingerprint density at radius 1 is 1.43 bits per heavy atom. The fraction of sp³-hybridized carbons (Fsp3) is 0.571. The molecule has 0 aliphatic heterocycles. The fourth-order valence-corrected chi connectivity index (χ4v) is 2.33. The van der Waals surface area contributed by atoms with Gasteiger partial charge in [0.25, 0.3) is 0 Å². The number of nitrogens with zero attached hydrogens (tertiary/aromatic N) is 5. The Labute approximate surface area is 123 Å². The summed E-state index contributed by atoms with van der Waals surface area (Å²) in [6.45, 7) is 7.58. The summed E-state index contributed by atoms with van der Waals surface area (Å²) in [6.07, 6.45) is 4.66. The average molecular weight is 291 g/mol. The third kappa shape index (κ3) is 3.12. The van der Waals surface area contributed by atoms with E-state index in [0.717, 1.165) is 24.4 Å². The van der Waals surface area contributed by atoms with Gasteiger partial charge in [-0.1, -0.05) is 26.0 Å². The summed E-state index contributed by atoms with van der Waals surface area (Å²) in [5.41, 5.74) is 2.11. The molecule has 0 radical (unpaired) electrons. The smallest absolute Gasteiger partial charge is 0.360 e. The van der Waals surface area contributed by atoms with Gasteiger partial charge >= 0.3 is 5.97 Å². The number of esters is 1. The summed E-state index contributed by atoms with van der Waals surface area (Å²) >= 11 is 0. The van der Waals surface area contributed by atoms with Crippen LogP contribution in [0.4, 0.5) is 0 Å². The van der Waals surface area contributed by atoms with Crippen molar-refractivity contribution >= 4 is 5.97 Å². The zero-order valence-electron chi connectivity index (χ0n) is 12.9. The van der Waals surface area contributed by atoms with E-state index in [2.05, 4.69) is 26.8 Å². The van der Waals surface area contributed by atoms with E-state index >= 15 is 0 Å². The zero-order chi connectivity index (χ0) is 15.4. The molecule has 0 spiro atoms. The lowest BCUT2D eigenvalue weighted by Crippen LogP contribution is -2.14. The summed E-state index contributed by atoms with van der Waals surface area (Å²) < 4.78 is 8.60. The van der Waals surface area contributed by atoms with Crippen LogP contribution in [0.1, 0.15) is 55.0 Å². The van der Waals surface area contributed by atoms with E-state index in [1.54, 1.807) is 4.68 Å². The first-order chi connectivity index (χ1) is 10.1. The quantitative estimate of drug-likeness (QED) is 0.759. The summed E-state index contributed by atoms with van der Waals surface area (Å²) in [5.74, 6) is -0.330. The number of carbonyl (C=O) groups excluding carboxylic acids is 1. The first-order valence-corrected chi connectivity index (χ1v) is 7.09. The summed E-state index contributed by atoms with van der Waals surface area (Å²) in [4.78, 5) is 15.9. The van der Waals surface area contributed by atoms with E-state index in [9.17, 15) is 4.79 Å². The predicted molar refractivity (Wildman–Crippen MR) is 77.1 cm³/mol. The molecule has 114 valence electrons. The maximum Gasteiger partial charge on any atom is 0.360 e. The monoisotopic (exact) mass is 291 g/mol. The second kappa shape index (κ2) is 6.51. The minimum Gasteiger partial charge on any atom is -0.464 e. The summed E-state index contributed by atoms with van der Waals surface area (Å²) in [5, 5.41) is 8.08. The maximum atomic E-state index is 11.8. The number of imidazole rings is 1. The number of hydrogen-bond acceptors (Lipinski definition) is 5. The number of rotatable bonds is 6. The minimum absolute atomic E-state index is 0.122. The Kier molecular flexibility index (Phi) is 4.72. The highest BCUT2D eigenvalue weighted by Crippen LogP contribution is 2.19. The third-order valence-corrected chi connectivity index (χ3v) is 3.27. The largest absolute Gasteiger partial charge is 0.464 e. The van der Waals surface area contributed by atoms with Crippen molar-refractivity contribution in [3.05, 3.63) is 29.6 Å². The second-order valence-corrected chi connectivity index (χ2v) is 5.21. The molecule has 2 aromatic heterocycles. The van der Waals surface area contributed by atoms with Gasteiger partial charge in [0, 0.05) is 6.54 Å². The molecular weight excluding hydrogens is 270 g/mol. The van der Waals surface area contributed by atoms with E-state index in [1.165, 1.54) is 7.11 Å². The van der Waals surface area contributed by atoms with Crippen molar-refractivity contribution in [1.29, 1.82) is 0 Å². The highest BCUT2D eigenvalue weighted by Gasteiger charge is 2.23. The molecule has 7 heteroatoms. The second-order valence-electron chi connectivity index (χ2n) is 5.21. The molecule has 0 atom stereocenters. The molecule has 0 bridgehead atoms. The van der Waals surface area contributed by atoms with Crippen molar-refractivity contribution in [1.82, 2.24) is 24.5 Å². The van der Waals surface area contributed by atoms with Crippen molar-refractivity contribution in [2.24, 2.45) is 0 Å². The molecule has 0 unspecified atom stereocenters. The van der Waals surface area contributed by atoms with Crippen LogP contribution in [-0.2, 0) is 17.8 Å². The summed E-state index contributed by atoms with van der Waals surface area (Å²) in [7, 11) is 1.35. The lowest BCUT2D eigenvalue weighted by atomic mass is 10.1. The Morgan fingerprint density at radius 3 is 2.81 bits per heavy atom. The van der Waals surface area contributed by atoms with Gasteiger partial charge in [-0.2, -0.15) is 0 Å². The number of ether oxygens (including phenoxy) is 1. The molecule has 21 heavy (non-hydrogen) atoms. The van der Waals surface area contributed by atoms with Crippen molar-refractivity contribution in [2.45, 2.75) is 46.2 Å². The summed E-state index contributed by atoms with van der Waals surface area (Å²) in [6, 6.07) is 0. The van der Waals surface area contributed by atoms with Crippen LogP contribution < -0.4 is 0 Å². The van der Waals surface area contributed by atoms with Gasteiger partial charge in [0.05, 0.1) is 37.6 Å². The molecule has 0 fully saturated rings. The number of aromatic nitrogens is 5. The molecule has 0 N–H and O–H groups in total. The maximum absolute atomic E-state index is 11.8. The van der Waals surface area contributed by atoms with Crippen LogP contribution >= 0.6 is 0 Å². The van der Waals surface area contributed by atoms with Gasteiger partial charge in [-0.05, 0) is 12.3 Å². The standard InChI is InChI=1S/C14H21N5O2/c1-5-6-18-9-15-7-11(18)8-19-13(10(2)3)12(16-17-19)14(20)21-4/h7,9-10H,5-6,8H2,1-4H3. The van der Waals surface area contributed by atoms with Gasteiger partial charge in [-0.25, -0.2) is 14.5 Å². The Morgan fingerprint density at radius 2 is 2.19 bits per heavy atom. The Hall–Kier alpha value is -2.18. The molecule has 0 aliphatic carbocycles. The first-order valence-electron chi connectivity index (χ1n) is 7.09. The van der Waals surface area contributed by atoms with Crippen molar-refractivity contribution in [3.63, 3.8) is 0 Å². The van der Waals surface area contributed by atoms with Crippen LogP contribution in [0.3, 0.4) is 0 Å². The van der Waals surface area contributed by atoms with Crippen LogP contribution in [0.2, 0.25) is 0 Å². The van der Waals surface area contributed by atoms with Gasteiger partial charge in [0.1, 0.15) is 0 Å². The Bertz CT molecular complexity index is 615. The van der Waals surface area contributed by atoms with Crippen LogP contribution in [0, 0.1) is 0 Å². The van der Waals surface area contributed by atoms with Crippen LogP contribution in [-0.4, -0.2) is 37.6 Å². The normalized spacial score (nSPS) is 11.1. The molecule has 0 saturated carbocycles. The van der Waals surface area contributed by atoms with Crippen molar-refractivity contribution in [2.75, 3.05) is 7.11 Å². The highest BCUT2D eigenvalue weighted by molar-refractivity contribution is 5.88. The molecule has 2 aromatic rings. The highest BCUT2D eigenvalue weighted by atomic mass is 16.5. The number of methoxy groups -OCH3 is 1. The molecule has 0 amide bonds. The van der Waals surface area contributed by atoms with E-state index in [1.807, 2.05) is 26.4 Å². The lowest BCUT2D eigenvalue weighted by molar-refractivity contribution is 0.0592. The fourth-order valence-electron chi connectivity index (χ4n) is 2.33. The van der Waals surface area contributed by atoms with Crippen molar-refractivity contribution in [3.8, 4) is 0 Å². The topological polar surface area (TPSA) is 74.8 Å². The van der Waals surface area contributed by atoms with Gasteiger partial charge in [0.15, 0.2) is 5.69 Å². The first kappa shape index (κ1) is 15.2. The molecule has 0 aliphatic rings. The predicted octanol–water partition coefficient (Wildman–Crippen LogP) is 1.84.